The van der Waals surface area contributed by atoms with Crippen LogP contribution in [-0.2, 0) is 20.5 Å². The Morgan fingerprint density at radius 3 is 2.22 bits per heavy atom. The van der Waals surface area contributed by atoms with Crippen molar-refractivity contribution in [1.82, 2.24) is 9.21 Å². The van der Waals surface area contributed by atoms with Gasteiger partial charge in [0.2, 0.25) is 10.0 Å². The Morgan fingerprint density at radius 1 is 1.22 bits per heavy atom. The molecule has 1 saturated heterocycles. The standard InChI is InChI=1S/C18H26Cl2N2O4S/c1-18(2,3)26-17(23)21(4)13-8-10-22(11-9-13)27(24,25)12-14-15(19)6-5-7-16(14)20/h5-7,13H,8-12H2,1-4H3. The van der Waals surface area contributed by atoms with E-state index in [-0.39, 0.29) is 11.8 Å². The lowest BCUT2D eigenvalue weighted by Crippen LogP contribution is -2.48. The molecule has 0 atom stereocenters. The minimum atomic E-state index is -3.55. The molecule has 0 spiro atoms. The van der Waals surface area contributed by atoms with E-state index >= 15 is 0 Å². The molecule has 6 nitrogen and oxygen atoms in total. The van der Waals surface area contributed by atoms with Crippen molar-refractivity contribution in [2.45, 2.75) is 51.0 Å². The zero-order chi connectivity index (χ0) is 20.4. The fraction of sp³-hybridized carbons (Fsp3) is 0.611. The van der Waals surface area contributed by atoms with E-state index in [4.69, 9.17) is 27.9 Å². The van der Waals surface area contributed by atoms with Crippen LogP contribution >= 0.6 is 23.2 Å². The summed E-state index contributed by atoms with van der Waals surface area (Å²) in [5.74, 6) is -0.238. The van der Waals surface area contributed by atoms with Gasteiger partial charge >= 0.3 is 6.09 Å². The molecule has 1 aromatic rings. The van der Waals surface area contributed by atoms with E-state index < -0.39 is 21.7 Å². The molecule has 1 amide bonds. The summed E-state index contributed by atoms with van der Waals surface area (Å²) in [5.41, 5.74) is -0.155. The number of carbonyl (C=O) groups excluding carboxylic acids is 1. The lowest BCUT2D eigenvalue weighted by Gasteiger charge is -2.36. The summed E-state index contributed by atoms with van der Waals surface area (Å²) in [6.07, 6.45) is 0.697. The number of hydrogen-bond acceptors (Lipinski definition) is 4. The third-order valence-electron chi connectivity index (χ3n) is 4.43. The predicted octanol–water partition coefficient (Wildman–Crippen LogP) is 4.15. The van der Waals surface area contributed by atoms with E-state index in [2.05, 4.69) is 0 Å². The number of halogens is 2. The second kappa shape index (κ2) is 8.55. The molecule has 1 aliphatic rings. The van der Waals surface area contributed by atoms with Gasteiger partial charge in [0, 0.05) is 41.8 Å². The first kappa shape index (κ1) is 22.3. The van der Waals surface area contributed by atoms with Gasteiger partial charge in [0.05, 0.1) is 5.75 Å². The lowest BCUT2D eigenvalue weighted by molar-refractivity contribution is 0.0178. The molecule has 2 rings (SSSR count). The highest BCUT2D eigenvalue weighted by Crippen LogP contribution is 2.28. The first-order valence-electron chi connectivity index (χ1n) is 8.77. The van der Waals surface area contributed by atoms with Gasteiger partial charge in [0.1, 0.15) is 5.60 Å². The average molecular weight is 437 g/mol. The number of amides is 1. The first-order valence-corrected chi connectivity index (χ1v) is 11.1. The van der Waals surface area contributed by atoms with Crippen molar-refractivity contribution in [2.75, 3.05) is 20.1 Å². The number of rotatable bonds is 4. The Hall–Kier alpha value is -1.02. The maximum Gasteiger partial charge on any atom is 0.410 e. The summed E-state index contributed by atoms with van der Waals surface area (Å²) in [6.45, 7) is 6.11. The zero-order valence-corrected chi connectivity index (χ0v) is 18.4. The third kappa shape index (κ3) is 5.98. The fourth-order valence-electron chi connectivity index (χ4n) is 2.93. The van der Waals surface area contributed by atoms with Crippen molar-refractivity contribution in [3.63, 3.8) is 0 Å². The molecular formula is C18H26Cl2N2O4S. The van der Waals surface area contributed by atoms with E-state index in [9.17, 15) is 13.2 Å². The van der Waals surface area contributed by atoms with E-state index in [1.165, 1.54) is 4.31 Å². The van der Waals surface area contributed by atoms with Crippen LogP contribution in [0.2, 0.25) is 10.0 Å². The van der Waals surface area contributed by atoms with Gasteiger partial charge in [0.15, 0.2) is 0 Å². The van der Waals surface area contributed by atoms with Gasteiger partial charge in [-0.2, -0.15) is 0 Å². The van der Waals surface area contributed by atoms with Crippen LogP contribution in [0.4, 0.5) is 4.79 Å². The molecule has 0 bridgehead atoms. The topological polar surface area (TPSA) is 66.9 Å². The molecule has 0 unspecified atom stereocenters. The van der Waals surface area contributed by atoms with Crippen LogP contribution in [0.25, 0.3) is 0 Å². The molecule has 0 saturated carbocycles. The number of nitrogens with zero attached hydrogens (tertiary/aromatic N) is 2. The molecule has 0 radical (unpaired) electrons. The number of sulfonamides is 1. The van der Waals surface area contributed by atoms with Crippen LogP contribution in [0, 0.1) is 0 Å². The van der Waals surface area contributed by atoms with E-state index in [1.54, 1.807) is 30.1 Å². The Morgan fingerprint density at radius 2 is 1.74 bits per heavy atom. The molecule has 27 heavy (non-hydrogen) atoms. The van der Waals surface area contributed by atoms with Crippen LogP contribution in [0.3, 0.4) is 0 Å². The minimum absolute atomic E-state index is 0.0600. The van der Waals surface area contributed by atoms with Gasteiger partial charge in [-0.1, -0.05) is 29.3 Å². The number of piperidine rings is 1. The molecule has 0 aliphatic carbocycles. The number of carbonyl (C=O) groups is 1. The molecule has 1 aromatic carbocycles. The minimum Gasteiger partial charge on any atom is -0.444 e. The van der Waals surface area contributed by atoms with Gasteiger partial charge in [-0.25, -0.2) is 17.5 Å². The predicted molar refractivity (Wildman–Crippen MR) is 108 cm³/mol. The van der Waals surface area contributed by atoms with Crippen molar-refractivity contribution >= 4 is 39.3 Å². The fourth-order valence-corrected chi connectivity index (χ4v) is 5.25. The van der Waals surface area contributed by atoms with Gasteiger partial charge < -0.3 is 9.64 Å². The van der Waals surface area contributed by atoms with Crippen molar-refractivity contribution in [1.29, 1.82) is 0 Å². The Balaban J connectivity index is 1.99. The normalized spacial score (nSPS) is 17.0. The van der Waals surface area contributed by atoms with Crippen LogP contribution < -0.4 is 0 Å². The molecule has 1 aliphatic heterocycles. The quantitative estimate of drug-likeness (QED) is 0.710. The maximum atomic E-state index is 12.8. The van der Waals surface area contributed by atoms with E-state index in [1.807, 2.05) is 20.8 Å². The summed E-state index contributed by atoms with van der Waals surface area (Å²) in [7, 11) is -1.86. The Kier molecular flexibility index (Phi) is 7.06. The average Bonchev–Trinajstić information content (AvgIpc) is 2.56. The molecule has 152 valence electrons. The summed E-state index contributed by atoms with van der Waals surface area (Å²) in [4.78, 5) is 13.8. The monoisotopic (exact) mass is 436 g/mol. The van der Waals surface area contributed by atoms with Crippen molar-refractivity contribution in [3.05, 3.63) is 33.8 Å². The number of hydrogen-bond donors (Lipinski definition) is 0. The zero-order valence-electron chi connectivity index (χ0n) is 16.0. The Bertz CT molecular complexity index is 765. The van der Waals surface area contributed by atoms with E-state index in [0.29, 0.717) is 41.5 Å². The van der Waals surface area contributed by atoms with Crippen LogP contribution in [0.5, 0.6) is 0 Å². The molecule has 1 heterocycles. The van der Waals surface area contributed by atoms with Crippen LogP contribution in [-0.4, -0.2) is 55.5 Å². The molecule has 9 heteroatoms. The second-order valence-electron chi connectivity index (χ2n) is 7.68. The molecular weight excluding hydrogens is 411 g/mol. The number of benzene rings is 1. The molecule has 0 N–H and O–H groups in total. The van der Waals surface area contributed by atoms with Crippen molar-refractivity contribution in [2.24, 2.45) is 0 Å². The Labute approximate surface area is 171 Å². The first-order chi connectivity index (χ1) is 12.4. The van der Waals surface area contributed by atoms with Gasteiger partial charge in [-0.05, 0) is 45.7 Å². The van der Waals surface area contributed by atoms with Gasteiger partial charge in [-0.3, -0.25) is 0 Å². The highest BCUT2D eigenvalue weighted by atomic mass is 35.5. The maximum absolute atomic E-state index is 12.8. The van der Waals surface area contributed by atoms with Gasteiger partial charge in [0.25, 0.3) is 0 Å². The SMILES string of the molecule is CN(C(=O)OC(C)(C)C)C1CCN(S(=O)(=O)Cc2c(Cl)cccc2Cl)CC1. The van der Waals surface area contributed by atoms with Crippen LogP contribution in [0.1, 0.15) is 39.2 Å². The van der Waals surface area contributed by atoms with Gasteiger partial charge in [-0.15, -0.1) is 0 Å². The second-order valence-corrected chi connectivity index (χ2v) is 10.5. The summed E-state index contributed by atoms with van der Waals surface area (Å²) in [6, 6.07) is 4.87. The third-order valence-corrected chi connectivity index (χ3v) is 6.95. The highest BCUT2D eigenvalue weighted by Gasteiger charge is 2.33. The van der Waals surface area contributed by atoms with Crippen molar-refractivity contribution < 1.29 is 17.9 Å². The highest BCUT2D eigenvalue weighted by molar-refractivity contribution is 7.88. The largest absolute Gasteiger partial charge is 0.444 e. The number of ether oxygens (including phenoxy) is 1. The molecule has 1 fully saturated rings. The lowest BCUT2D eigenvalue weighted by atomic mass is 10.1. The smallest absolute Gasteiger partial charge is 0.410 e. The van der Waals surface area contributed by atoms with E-state index in [0.717, 1.165) is 0 Å². The summed E-state index contributed by atoms with van der Waals surface area (Å²) in [5, 5.41) is 0.677. The summed E-state index contributed by atoms with van der Waals surface area (Å²) >= 11 is 12.2. The van der Waals surface area contributed by atoms with Crippen LogP contribution in [0.15, 0.2) is 18.2 Å². The summed E-state index contributed by atoms with van der Waals surface area (Å²) < 4.78 is 32.3. The van der Waals surface area contributed by atoms with Crippen molar-refractivity contribution in [3.8, 4) is 0 Å². The molecule has 0 aromatic heterocycles.